The minimum absolute atomic E-state index is 0.0613. The number of carbonyl (C=O) groups is 1. The monoisotopic (exact) mass is 300 g/mol. The summed E-state index contributed by atoms with van der Waals surface area (Å²) in [5.41, 5.74) is -1.40. The average Bonchev–Trinajstić information content (AvgIpc) is 2.41. The smallest absolute Gasteiger partial charge is 0.339 e. The molecule has 0 bridgehead atoms. The molecule has 0 aliphatic rings. The standard InChI is InChI=1S/C13H8F4N2O2/c1-5-2-9(6(4-18-5)13(20)21)19-12-10(16)7(14)3-8(15)11(12)17/h2-4H,1H3,(H,18,19)(H,20,21). The Labute approximate surface area is 116 Å². The normalized spacial score (nSPS) is 10.5. The van der Waals surface area contributed by atoms with Crippen LogP contribution in [0.25, 0.3) is 0 Å². The zero-order valence-electron chi connectivity index (χ0n) is 10.5. The molecule has 0 saturated heterocycles. The third kappa shape index (κ3) is 2.78. The van der Waals surface area contributed by atoms with Crippen LogP contribution < -0.4 is 5.32 Å². The van der Waals surface area contributed by atoms with Crippen LogP contribution in [-0.4, -0.2) is 16.1 Å². The molecule has 0 atom stereocenters. The number of carboxylic acid groups (broad SMARTS) is 1. The van der Waals surface area contributed by atoms with E-state index in [0.29, 0.717) is 5.69 Å². The maximum atomic E-state index is 13.6. The van der Waals surface area contributed by atoms with E-state index in [-0.39, 0.29) is 11.8 Å². The summed E-state index contributed by atoms with van der Waals surface area (Å²) < 4.78 is 53.3. The zero-order chi connectivity index (χ0) is 15.7. The summed E-state index contributed by atoms with van der Waals surface area (Å²) in [6.45, 7) is 1.51. The van der Waals surface area contributed by atoms with Crippen molar-refractivity contribution in [2.75, 3.05) is 5.32 Å². The van der Waals surface area contributed by atoms with Gasteiger partial charge < -0.3 is 10.4 Å². The van der Waals surface area contributed by atoms with Gasteiger partial charge in [0.25, 0.3) is 0 Å². The van der Waals surface area contributed by atoms with E-state index in [4.69, 9.17) is 5.11 Å². The van der Waals surface area contributed by atoms with E-state index >= 15 is 0 Å². The van der Waals surface area contributed by atoms with Crippen molar-refractivity contribution in [3.63, 3.8) is 0 Å². The van der Waals surface area contributed by atoms with E-state index in [1.807, 2.05) is 0 Å². The lowest BCUT2D eigenvalue weighted by Gasteiger charge is -2.12. The summed E-state index contributed by atoms with van der Waals surface area (Å²) in [6, 6.07) is 1.25. The minimum Gasteiger partial charge on any atom is -0.478 e. The third-order valence-electron chi connectivity index (χ3n) is 2.64. The fourth-order valence-corrected chi connectivity index (χ4v) is 1.65. The predicted molar refractivity (Wildman–Crippen MR) is 65.5 cm³/mol. The van der Waals surface area contributed by atoms with Gasteiger partial charge in [0.15, 0.2) is 23.3 Å². The molecule has 0 saturated carbocycles. The number of hydrogen-bond acceptors (Lipinski definition) is 3. The molecule has 0 fully saturated rings. The van der Waals surface area contributed by atoms with Crippen LogP contribution in [0.2, 0.25) is 0 Å². The van der Waals surface area contributed by atoms with Crippen molar-refractivity contribution in [3.8, 4) is 0 Å². The van der Waals surface area contributed by atoms with Gasteiger partial charge in [0.1, 0.15) is 11.3 Å². The molecular weight excluding hydrogens is 292 g/mol. The van der Waals surface area contributed by atoms with Gasteiger partial charge in [-0.25, -0.2) is 22.4 Å². The second-order valence-electron chi connectivity index (χ2n) is 4.14. The van der Waals surface area contributed by atoms with Gasteiger partial charge >= 0.3 is 5.97 Å². The Bertz CT molecular complexity index is 708. The van der Waals surface area contributed by atoms with Crippen molar-refractivity contribution < 1.29 is 27.5 Å². The van der Waals surface area contributed by atoms with Gasteiger partial charge in [-0.15, -0.1) is 0 Å². The van der Waals surface area contributed by atoms with Crippen LogP contribution in [0.5, 0.6) is 0 Å². The molecular formula is C13H8F4N2O2. The molecule has 2 N–H and O–H groups in total. The molecule has 4 nitrogen and oxygen atoms in total. The molecule has 2 rings (SSSR count). The molecule has 110 valence electrons. The Kier molecular flexibility index (Phi) is 3.79. The van der Waals surface area contributed by atoms with Gasteiger partial charge in [-0.3, -0.25) is 4.98 Å². The number of hydrogen-bond donors (Lipinski definition) is 2. The molecule has 1 aromatic heterocycles. The quantitative estimate of drug-likeness (QED) is 0.674. The van der Waals surface area contributed by atoms with Crippen LogP contribution >= 0.6 is 0 Å². The van der Waals surface area contributed by atoms with Gasteiger partial charge in [0.05, 0.1) is 5.69 Å². The number of carboxylic acids is 1. The Morgan fingerprint density at radius 1 is 1.14 bits per heavy atom. The van der Waals surface area contributed by atoms with Gasteiger partial charge in [-0.2, -0.15) is 0 Å². The number of halogens is 4. The Hall–Kier alpha value is -2.64. The number of aryl methyl sites for hydroxylation is 1. The highest BCUT2D eigenvalue weighted by molar-refractivity contribution is 5.94. The number of benzene rings is 1. The molecule has 0 radical (unpaired) electrons. The lowest BCUT2D eigenvalue weighted by Crippen LogP contribution is -2.08. The van der Waals surface area contributed by atoms with Gasteiger partial charge in [0.2, 0.25) is 0 Å². The van der Waals surface area contributed by atoms with E-state index in [0.717, 1.165) is 6.20 Å². The molecule has 0 spiro atoms. The molecule has 2 aromatic rings. The number of anilines is 2. The number of nitrogens with zero attached hydrogens (tertiary/aromatic N) is 1. The van der Waals surface area contributed by atoms with Crippen LogP contribution in [0.3, 0.4) is 0 Å². The molecule has 0 aliphatic heterocycles. The summed E-state index contributed by atoms with van der Waals surface area (Å²) in [5, 5.41) is 11.0. The van der Waals surface area contributed by atoms with E-state index in [2.05, 4.69) is 10.3 Å². The Morgan fingerprint density at radius 3 is 2.24 bits per heavy atom. The summed E-state index contributed by atoms with van der Waals surface area (Å²) in [4.78, 5) is 14.7. The second kappa shape index (κ2) is 5.39. The van der Waals surface area contributed by atoms with Crippen molar-refractivity contribution >= 4 is 17.3 Å². The molecule has 21 heavy (non-hydrogen) atoms. The number of nitrogens with one attached hydrogen (secondary N) is 1. The lowest BCUT2D eigenvalue weighted by molar-refractivity contribution is 0.0697. The summed E-state index contributed by atoms with van der Waals surface area (Å²) in [7, 11) is 0. The highest BCUT2D eigenvalue weighted by Crippen LogP contribution is 2.29. The van der Waals surface area contributed by atoms with Crippen molar-refractivity contribution in [3.05, 3.63) is 52.9 Å². The second-order valence-corrected chi connectivity index (χ2v) is 4.14. The van der Waals surface area contributed by atoms with Crippen LogP contribution in [-0.2, 0) is 0 Å². The summed E-state index contributed by atoms with van der Waals surface area (Å²) >= 11 is 0. The first kappa shape index (κ1) is 14.8. The van der Waals surface area contributed by atoms with Crippen LogP contribution in [0.15, 0.2) is 18.3 Å². The van der Waals surface area contributed by atoms with Crippen molar-refractivity contribution in [2.24, 2.45) is 0 Å². The molecule has 0 amide bonds. The fraction of sp³-hybridized carbons (Fsp3) is 0.0769. The van der Waals surface area contributed by atoms with Crippen molar-refractivity contribution in [1.29, 1.82) is 0 Å². The summed E-state index contributed by atoms with van der Waals surface area (Å²) in [5.74, 6) is -7.92. The first-order valence-electron chi connectivity index (χ1n) is 5.61. The van der Waals surface area contributed by atoms with E-state index in [9.17, 15) is 22.4 Å². The van der Waals surface area contributed by atoms with Gasteiger partial charge in [-0.1, -0.05) is 0 Å². The SMILES string of the molecule is Cc1cc(Nc2c(F)c(F)cc(F)c2F)c(C(=O)O)cn1. The zero-order valence-corrected chi connectivity index (χ0v) is 10.5. The van der Waals surface area contributed by atoms with E-state index in [1.165, 1.54) is 13.0 Å². The first-order chi connectivity index (χ1) is 9.81. The van der Waals surface area contributed by atoms with Crippen molar-refractivity contribution in [1.82, 2.24) is 4.98 Å². The summed E-state index contributed by atoms with van der Waals surface area (Å²) in [6.07, 6.45) is 0.964. The predicted octanol–water partition coefficient (Wildman–Crippen LogP) is 3.39. The van der Waals surface area contributed by atoms with E-state index < -0.39 is 40.5 Å². The number of aromatic carboxylic acids is 1. The van der Waals surface area contributed by atoms with Crippen LogP contribution in [0.1, 0.15) is 16.1 Å². The van der Waals surface area contributed by atoms with Crippen LogP contribution in [0, 0.1) is 30.2 Å². The molecule has 8 heteroatoms. The van der Waals surface area contributed by atoms with Gasteiger partial charge in [-0.05, 0) is 13.0 Å². The maximum absolute atomic E-state index is 13.6. The maximum Gasteiger partial charge on any atom is 0.339 e. The largest absolute Gasteiger partial charge is 0.478 e. The lowest BCUT2D eigenvalue weighted by atomic mass is 10.2. The Morgan fingerprint density at radius 2 is 1.71 bits per heavy atom. The third-order valence-corrected chi connectivity index (χ3v) is 2.64. The minimum atomic E-state index is -1.65. The van der Waals surface area contributed by atoms with Gasteiger partial charge in [0, 0.05) is 18.0 Å². The highest BCUT2D eigenvalue weighted by Gasteiger charge is 2.21. The number of pyridine rings is 1. The molecule has 0 aliphatic carbocycles. The highest BCUT2D eigenvalue weighted by atomic mass is 19.2. The molecule has 0 unspecified atom stereocenters. The topological polar surface area (TPSA) is 62.2 Å². The van der Waals surface area contributed by atoms with Crippen molar-refractivity contribution in [2.45, 2.75) is 6.92 Å². The Balaban J connectivity index is 2.58. The fourth-order valence-electron chi connectivity index (χ4n) is 1.65. The van der Waals surface area contributed by atoms with Crippen LogP contribution in [0.4, 0.5) is 28.9 Å². The molecule has 1 aromatic carbocycles. The average molecular weight is 300 g/mol. The number of aromatic nitrogens is 1. The van der Waals surface area contributed by atoms with E-state index in [1.54, 1.807) is 0 Å². The molecule has 1 heterocycles. The number of rotatable bonds is 3. The first-order valence-corrected chi connectivity index (χ1v) is 5.61.